The molecule has 0 bridgehead atoms. The Balaban J connectivity index is 1.45. The van der Waals surface area contributed by atoms with Gasteiger partial charge in [0, 0.05) is 23.2 Å². The van der Waals surface area contributed by atoms with Gasteiger partial charge in [0.15, 0.2) is 12.4 Å². The van der Waals surface area contributed by atoms with E-state index in [0.29, 0.717) is 6.42 Å². The number of aliphatic hydroxyl groups excluding tert-OH is 1. The van der Waals surface area contributed by atoms with Crippen LogP contribution in [0.2, 0.25) is 0 Å². The van der Waals surface area contributed by atoms with Gasteiger partial charge in [-0.05, 0) is 62.5 Å². The van der Waals surface area contributed by atoms with Crippen LogP contribution < -0.4 is 0 Å². The standard InChI is InChI=1S/C25H33NO9/c1-23-9-7-16(27)12-15(23)5-6-17-18-8-10-25(31,24(18,2)13-19(28)22(17)23)20(29)14-34-21(30)4-3-11-35-26(32)33/h7,9,12,17-19,22,28,31H,3-6,8,10-11,13-14H2,1-2H3/t17-,18-,19?,22+,23-,24-,25-/m0/s1. The van der Waals surface area contributed by atoms with Crippen LogP contribution in [0.1, 0.15) is 58.8 Å². The Labute approximate surface area is 203 Å². The van der Waals surface area contributed by atoms with Crippen LogP contribution >= 0.6 is 0 Å². The summed E-state index contributed by atoms with van der Waals surface area (Å²) in [5, 5.41) is 32.2. The van der Waals surface area contributed by atoms with E-state index in [1.54, 1.807) is 12.2 Å². The Kier molecular flexibility index (Phi) is 6.65. The number of ketones is 2. The van der Waals surface area contributed by atoms with Gasteiger partial charge in [0.2, 0.25) is 5.78 Å². The van der Waals surface area contributed by atoms with Gasteiger partial charge in [-0.15, -0.1) is 10.1 Å². The van der Waals surface area contributed by atoms with Crippen molar-refractivity contribution >= 4 is 17.5 Å². The average Bonchev–Trinajstić information content (AvgIpc) is 3.06. The summed E-state index contributed by atoms with van der Waals surface area (Å²) in [5.41, 5.74) is -2.00. The van der Waals surface area contributed by atoms with Crippen molar-refractivity contribution in [2.24, 2.45) is 28.6 Å². The molecule has 4 rings (SSSR count). The lowest BCUT2D eigenvalue weighted by Gasteiger charge is -2.59. The van der Waals surface area contributed by atoms with Crippen LogP contribution in [0.3, 0.4) is 0 Å². The number of hydrogen-bond donors (Lipinski definition) is 2. The summed E-state index contributed by atoms with van der Waals surface area (Å²) in [4.78, 5) is 51.4. The minimum Gasteiger partial charge on any atom is -0.458 e. The Morgan fingerprint density at radius 3 is 2.74 bits per heavy atom. The number of Topliss-reactive ketones (excluding diaryl/α,β-unsaturated/α-hetero) is 1. The Hall–Kier alpha value is -2.59. The van der Waals surface area contributed by atoms with Gasteiger partial charge in [-0.3, -0.25) is 14.4 Å². The lowest BCUT2D eigenvalue weighted by atomic mass is 9.46. The predicted molar refractivity (Wildman–Crippen MR) is 121 cm³/mol. The molecular weight excluding hydrogens is 458 g/mol. The van der Waals surface area contributed by atoms with E-state index in [9.17, 15) is 34.7 Å². The highest BCUT2D eigenvalue weighted by atomic mass is 16.9. The van der Waals surface area contributed by atoms with Gasteiger partial charge < -0.3 is 19.8 Å². The first-order valence-electron chi connectivity index (χ1n) is 12.2. The normalized spacial score (nSPS) is 39.7. The molecule has 10 heteroatoms. The second kappa shape index (κ2) is 9.13. The van der Waals surface area contributed by atoms with Gasteiger partial charge >= 0.3 is 5.97 Å². The topological polar surface area (TPSA) is 153 Å². The smallest absolute Gasteiger partial charge is 0.306 e. The first kappa shape index (κ1) is 25.5. The summed E-state index contributed by atoms with van der Waals surface area (Å²) >= 11 is 0. The van der Waals surface area contributed by atoms with Crippen molar-refractivity contribution in [3.05, 3.63) is 33.9 Å². The van der Waals surface area contributed by atoms with E-state index >= 15 is 0 Å². The van der Waals surface area contributed by atoms with Crippen LogP contribution in [0.15, 0.2) is 23.8 Å². The third kappa shape index (κ3) is 4.20. The van der Waals surface area contributed by atoms with Crippen molar-refractivity contribution < 1.29 is 39.3 Å². The fourth-order valence-electron chi connectivity index (χ4n) is 7.48. The number of nitrogens with zero attached hydrogens (tertiary/aromatic N) is 1. The Bertz CT molecular complexity index is 989. The first-order valence-corrected chi connectivity index (χ1v) is 12.2. The van der Waals surface area contributed by atoms with Crippen LogP contribution in [0.4, 0.5) is 0 Å². The van der Waals surface area contributed by atoms with Crippen molar-refractivity contribution in [2.75, 3.05) is 13.2 Å². The molecule has 0 radical (unpaired) electrons. The van der Waals surface area contributed by atoms with Crippen LogP contribution in [0, 0.1) is 38.7 Å². The quantitative estimate of drug-likeness (QED) is 0.225. The van der Waals surface area contributed by atoms with E-state index in [1.807, 2.05) is 13.0 Å². The third-order valence-corrected chi connectivity index (χ3v) is 9.20. The zero-order valence-electron chi connectivity index (χ0n) is 20.1. The van der Waals surface area contributed by atoms with Gasteiger partial charge in [-0.25, -0.2) is 0 Å². The molecule has 2 N–H and O–H groups in total. The predicted octanol–water partition coefficient (Wildman–Crippen LogP) is 2.10. The highest BCUT2D eigenvalue weighted by molar-refractivity contribution is 6.01. The SMILES string of the molecule is C[C@]12C=CC(=O)C=C1CC[C@@H]1[C@@H]2C(O)C[C@@]2(C)[C@H]1CC[C@]2(O)C(=O)COC(=O)CCCO[N+](=O)[O-]. The average molecular weight is 492 g/mol. The second-order valence-electron chi connectivity index (χ2n) is 10.9. The zero-order valence-corrected chi connectivity index (χ0v) is 20.1. The fourth-order valence-corrected chi connectivity index (χ4v) is 7.48. The molecule has 0 amide bonds. The monoisotopic (exact) mass is 491 g/mol. The van der Waals surface area contributed by atoms with E-state index in [2.05, 4.69) is 11.8 Å². The maximum atomic E-state index is 13.2. The first-order chi connectivity index (χ1) is 16.4. The van der Waals surface area contributed by atoms with E-state index in [0.717, 1.165) is 18.4 Å². The molecule has 192 valence electrons. The number of carbonyl (C=O) groups is 3. The van der Waals surface area contributed by atoms with Crippen LogP contribution in [0.25, 0.3) is 0 Å². The molecule has 0 aromatic carbocycles. The largest absolute Gasteiger partial charge is 0.458 e. The van der Waals surface area contributed by atoms with Gasteiger partial charge in [-0.2, -0.15) is 0 Å². The summed E-state index contributed by atoms with van der Waals surface area (Å²) in [6.07, 6.45) is 6.91. The Morgan fingerprint density at radius 2 is 2.03 bits per heavy atom. The second-order valence-corrected chi connectivity index (χ2v) is 10.9. The highest BCUT2D eigenvalue weighted by Gasteiger charge is 2.68. The summed E-state index contributed by atoms with van der Waals surface area (Å²) < 4.78 is 5.06. The van der Waals surface area contributed by atoms with Gasteiger partial charge in [-0.1, -0.05) is 25.5 Å². The molecule has 4 aliphatic rings. The van der Waals surface area contributed by atoms with Gasteiger partial charge in [0.05, 0.1) is 12.7 Å². The molecule has 0 heterocycles. The minimum atomic E-state index is -1.73. The molecule has 35 heavy (non-hydrogen) atoms. The van der Waals surface area contributed by atoms with E-state index in [-0.39, 0.29) is 55.8 Å². The molecule has 10 nitrogen and oxygen atoms in total. The number of ether oxygens (including phenoxy) is 1. The number of rotatable bonds is 8. The lowest BCUT2D eigenvalue weighted by molar-refractivity contribution is -0.757. The molecule has 7 atom stereocenters. The van der Waals surface area contributed by atoms with E-state index < -0.39 is 46.0 Å². The van der Waals surface area contributed by atoms with Crippen LogP contribution in [-0.2, 0) is 24.0 Å². The molecule has 0 aromatic rings. The number of fused-ring (bicyclic) bond motifs is 5. The van der Waals surface area contributed by atoms with Gasteiger partial charge in [0.25, 0.3) is 5.09 Å². The molecule has 1 unspecified atom stereocenters. The Morgan fingerprint density at radius 1 is 1.29 bits per heavy atom. The van der Waals surface area contributed by atoms with Crippen LogP contribution in [-0.4, -0.2) is 57.8 Å². The maximum absolute atomic E-state index is 13.2. The number of allylic oxidation sites excluding steroid dienone is 4. The third-order valence-electron chi connectivity index (χ3n) is 9.20. The number of esters is 1. The summed E-state index contributed by atoms with van der Waals surface area (Å²) in [6.45, 7) is 3.08. The molecule has 0 spiro atoms. The fraction of sp³-hybridized carbons (Fsp3) is 0.720. The van der Waals surface area contributed by atoms with E-state index in [1.165, 1.54) is 0 Å². The maximum Gasteiger partial charge on any atom is 0.306 e. The van der Waals surface area contributed by atoms with Crippen molar-refractivity contribution in [3.63, 3.8) is 0 Å². The molecular formula is C25H33NO9. The van der Waals surface area contributed by atoms with Crippen molar-refractivity contribution in [3.8, 4) is 0 Å². The summed E-state index contributed by atoms with van der Waals surface area (Å²) in [7, 11) is 0. The summed E-state index contributed by atoms with van der Waals surface area (Å²) in [6, 6.07) is 0. The minimum absolute atomic E-state index is 0.00392. The molecule has 0 aromatic heterocycles. The number of hydrogen-bond acceptors (Lipinski definition) is 9. The zero-order chi connectivity index (χ0) is 25.6. The number of carbonyl (C=O) groups excluding carboxylic acids is 3. The van der Waals surface area contributed by atoms with Crippen LogP contribution in [0.5, 0.6) is 0 Å². The molecule has 4 aliphatic carbocycles. The molecule has 3 saturated carbocycles. The molecule has 3 fully saturated rings. The lowest BCUT2D eigenvalue weighted by Crippen LogP contribution is -2.61. The van der Waals surface area contributed by atoms with Gasteiger partial charge in [0.1, 0.15) is 5.60 Å². The van der Waals surface area contributed by atoms with Crippen molar-refractivity contribution in [1.29, 1.82) is 0 Å². The van der Waals surface area contributed by atoms with Crippen molar-refractivity contribution in [2.45, 2.75) is 70.5 Å². The molecule has 0 aliphatic heterocycles. The van der Waals surface area contributed by atoms with Crippen molar-refractivity contribution in [1.82, 2.24) is 0 Å². The summed E-state index contributed by atoms with van der Waals surface area (Å²) in [5.74, 6) is -1.35. The van der Waals surface area contributed by atoms with E-state index in [4.69, 9.17) is 4.74 Å². The number of aliphatic hydroxyl groups is 2. The molecule has 0 saturated heterocycles. The highest BCUT2D eigenvalue weighted by Crippen LogP contribution is 2.67.